The Kier molecular flexibility index (Phi) is 10.1. The van der Waals surface area contributed by atoms with Crippen molar-refractivity contribution in [3.05, 3.63) is 29.3 Å². The second-order valence-electron chi connectivity index (χ2n) is 5.98. The number of alkyl halides is 1. The summed E-state index contributed by atoms with van der Waals surface area (Å²) in [4.78, 5) is 22.4. The first-order valence-corrected chi connectivity index (χ1v) is 9.09. The predicted molar refractivity (Wildman–Crippen MR) is 102 cm³/mol. The molecule has 5 nitrogen and oxygen atoms in total. The molecule has 0 amide bonds. The summed E-state index contributed by atoms with van der Waals surface area (Å²) in [6.07, 6.45) is 0. The quantitative estimate of drug-likeness (QED) is 0.473. The van der Waals surface area contributed by atoms with E-state index in [9.17, 15) is 9.59 Å². The lowest BCUT2D eigenvalue weighted by Gasteiger charge is -2.23. The Hall–Kier alpha value is -1.27. The number of hydrogen-bond acceptors (Lipinski definition) is 5. The lowest BCUT2D eigenvalue weighted by molar-refractivity contribution is -0.158. The Morgan fingerprint density at radius 3 is 1.76 bits per heavy atom. The molecule has 0 bridgehead atoms. The number of carbonyl (C=O) groups excluding carboxylic acids is 2. The minimum absolute atomic E-state index is 0.218. The normalized spacial score (nSPS) is 11.0. The molecule has 142 valence electrons. The van der Waals surface area contributed by atoms with E-state index in [4.69, 9.17) is 25.8 Å². The smallest absolute Gasteiger partial charge is 0.349 e. The number of hydrogen-bond donors (Lipinski definition) is 0. The molecule has 0 N–H and O–H groups in total. The molecule has 7 heteroatoms. The first kappa shape index (κ1) is 23.7. The number of benzene rings is 1. The van der Waals surface area contributed by atoms with Crippen LogP contribution in [0.1, 0.15) is 41.5 Å². The molecule has 0 saturated heterocycles. The van der Waals surface area contributed by atoms with Gasteiger partial charge in [-0.2, -0.15) is 0 Å². The highest BCUT2D eigenvalue weighted by Gasteiger charge is 2.31. The summed E-state index contributed by atoms with van der Waals surface area (Å²) in [5.41, 5.74) is -0.996. The second-order valence-corrected chi connectivity index (χ2v) is 8.40. The summed E-state index contributed by atoms with van der Waals surface area (Å²) >= 11 is 8.92. The van der Waals surface area contributed by atoms with E-state index in [0.29, 0.717) is 24.0 Å². The third kappa shape index (κ3) is 9.70. The fourth-order valence-corrected chi connectivity index (χ4v) is 1.69. The van der Waals surface area contributed by atoms with Gasteiger partial charge in [-0.15, -0.1) is 0 Å². The van der Waals surface area contributed by atoms with Crippen LogP contribution in [0.5, 0.6) is 5.75 Å². The molecule has 0 fully saturated rings. The van der Waals surface area contributed by atoms with Gasteiger partial charge in [0.2, 0.25) is 0 Å². The second kappa shape index (κ2) is 10.7. The van der Waals surface area contributed by atoms with Crippen molar-refractivity contribution in [3.63, 3.8) is 0 Å². The Bertz CT molecular complexity index is 550. The Labute approximate surface area is 163 Å². The van der Waals surface area contributed by atoms with E-state index in [1.165, 1.54) is 0 Å². The molecule has 0 aliphatic carbocycles. The lowest BCUT2D eigenvalue weighted by Crippen LogP contribution is -2.39. The molecule has 0 aliphatic heterocycles. The lowest BCUT2D eigenvalue weighted by atomic mass is 10.1. The van der Waals surface area contributed by atoms with Crippen LogP contribution in [-0.2, 0) is 19.1 Å². The number of rotatable bonds is 6. The summed E-state index contributed by atoms with van der Waals surface area (Å²) in [6.45, 7) is 11.2. The first-order chi connectivity index (χ1) is 11.4. The van der Waals surface area contributed by atoms with E-state index >= 15 is 0 Å². The van der Waals surface area contributed by atoms with Crippen molar-refractivity contribution in [2.24, 2.45) is 0 Å². The van der Waals surface area contributed by atoms with Crippen molar-refractivity contribution in [2.45, 2.75) is 51.5 Å². The van der Waals surface area contributed by atoms with E-state index < -0.39 is 9.93 Å². The standard InChI is InChI=1S/C12H15ClO3.C6H11BrO2/c1-4-15-11(14)12(2,3)16-10-7-5-9(13)6-8-10;1-4-9-5(8)6(2,3)7/h5-8H,4H2,1-3H3;4H2,1-3H3. The van der Waals surface area contributed by atoms with Crippen LogP contribution in [-0.4, -0.2) is 35.1 Å². The highest BCUT2D eigenvalue weighted by atomic mass is 79.9. The molecule has 1 aromatic carbocycles. The Morgan fingerprint density at radius 2 is 1.40 bits per heavy atom. The van der Waals surface area contributed by atoms with E-state index in [0.717, 1.165) is 0 Å². The molecule has 1 rings (SSSR count). The molecular weight excluding hydrogens is 412 g/mol. The molecule has 25 heavy (non-hydrogen) atoms. The summed E-state index contributed by atoms with van der Waals surface area (Å²) in [7, 11) is 0. The van der Waals surface area contributed by atoms with Crippen molar-refractivity contribution in [1.82, 2.24) is 0 Å². The zero-order chi connectivity index (χ0) is 19.7. The van der Waals surface area contributed by atoms with Crippen LogP contribution >= 0.6 is 27.5 Å². The molecule has 0 aliphatic rings. The van der Waals surface area contributed by atoms with Crippen LogP contribution in [0, 0.1) is 0 Å². The Morgan fingerprint density at radius 1 is 0.960 bits per heavy atom. The van der Waals surface area contributed by atoms with Crippen LogP contribution in [0.2, 0.25) is 5.02 Å². The first-order valence-electron chi connectivity index (χ1n) is 7.92. The van der Waals surface area contributed by atoms with Gasteiger partial charge in [0.1, 0.15) is 10.1 Å². The van der Waals surface area contributed by atoms with Gasteiger partial charge in [0.25, 0.3) is 0 Å². The highest BCUT2D eigenvalue weighted by Crippen LogP contribution is 2.21. The summed E-state index contributed by atoms with van der Waals surface area (Å²) in [5.74, 6) is -0.0163. The summed E-state index contributed by atoms with van der Waals surface area (Å²) in [6, 6.07) is 6.84. The van der Waals surface area contributed by atoms with E-state index in [-0.39, 0.29) is 11.9 Å². The molecule has 0 unspecified atom stereocenters. The van der Waals surface area contributed by atoms with Gasteiger partial charge in [0.05, 0.1) is 13.2 Å². The maximum Gasteiger partial charge on any atom is 0.349 e. The largest absolute Gasteiger partial charge is 0.476 e. The van der Waals surface area contributed by atoms with Crippen molar-refractivity contribution >= 4 is 39.5 Å². The summed E-state index contributed by atoms with van der Waals surface area (Å²) in [5, 5.41) is 0.626. The van der Waals surface area contributed by atoms with E-state index in [2.05, 4.69) is 15.9 Å². The number of carbonyl (C=O) groups is 2. The Balaban J connectivity index is 0.000000547. The van der Waals surface area contributed by atoms with Gasteiger partial charge in [0.15, 0.2) is 5.60 Å². The maximum atomic E-state index is 11.6. The van der Waals surface area contributed by atoms with Crippen molar-refractivity contribution in [1.29, 1.82) is 0 Å². The van der Waals surface area contributed by atoms with Crippen LogP contribution in [0.4, 0.5) is 0 Å². The van der Waals surface area contributed by atoms with Gasteiger partial charge in [-0.1, -0.05) is 27.5 Å². The predicted octanol–water partition coefficient (Wildman–Crippen LogP) is 4.78. The van der Waals surface area contributed by atoms with Gasteiger partial charge < -0.3 is 14.2 Å². The molecular formula is C18H26BrClO5. The van der Waals surface area contributed by atoms with E-state index in [1.807, 2.05) is 0 Å². The molecule has 0 spiro atoms. The minimum Gasteiger partial charge on any atom is -0.476 e. The fourth-order valence-electron chi connectivity index (χ4n) is 1.45. The SMILES string of the molecule is CCOC(=O)C(C)(C)Br.CCOC(=O)C(C)(C)Oc1ccc(Cl)cc1. The monoisotopic (exact) mass is 436 g/mol. The van der Waals surface area contributed by atoms with Crippen LogP contribution in [0.25, 0.3) is 0 Å². The van der Waals surface area contributed by atoms with E-state index in [1.54, 1.807) is 65.8 Å². The molecule has 0 radical (unpaired) electrons. The molecule has 0 aromatic heterocycles. The van der Waals surface area contributed by atoms with Crippen molar-refractivity contribution < 1.29 is 23.8 Å². The van der Waals surface area contributed by atoms with Crippen molar-refractivity contribution in [3.8, 4) is 5.75 Å². The van der Waals surface area contributed by atoms with Gasteiger partial charge in [-0.25, -0.2) is 4.79 Å². The van der Waals surface area contributed by atoms with Gasteiger partial charge in [-0.3, -0.25) is 4.79 Å². The van der Waals surface area contributed by atoms with Crippen molar-refractivity contribution in [2.75, 3.05) is 13.2 Å². The van der Waals surface area contributed by atoms with Gasteiger partial charge in [-0.05, 0) is 65.8 Å². The molecule has 0 saturated carbocycles. The number of ether oxygens (including phenoxy) is 3. The third-order valence-corrected chi connectivity index (χ3v) is 3.29. The zero-order valence-electron chi connectivity index (χ0n) is 15.5. The highest BCUT2D eigenvalue weighted by molar-refractivity contribution is 9.10. The third-order valence-electron chi connectivity index (χ3n) is 2.71. The number of esters is 2. The van der Waals surface area contributed by atoms with Crippen LogP contribution in [0.3, 0.4) is 0 Å². The minimum atomic E-state index is -0.996. The average Bonchev–Trinajstić information content (AvgIpc) is 2.49. The van der Waals surface area contributed by atoms with Crippen LogP contribution < -0.4 is 4.74 Å². The summed E-state index contributed by atoms with van der Waals surface area (Å²) < 4.78 is 14.6. The number of halogens is 2. The molecule has 0 heterocycles. The van der Waals surface area contributed by atoms with Crippen LogP contribution in [0.15, 0.2) is 24.3 Å². The molecule has 1 aromatic rings. The average molecular weight is 438 g/mol. The maximum absolute atomic E-state index is 11.6. The zero-order valence-corrected chi connectivity index (χ0v) is 17.9. The van der Waals surface area contributed by atoms with Gasteiger partial charge in [0, 0.05) is 5.02 Å². The topological polar surface area (TPSA) is 61.8 Å². The van der Waals surface area contributed by atoms with Gasteiger partial charge >= 0.3 is 11.9 Å². The fraction of sp³-hybridized carbons (Fsp3) is 0.556. The molecule has 0 atom stereocenters.